The lowest BCUT2D eigenvalue weighted by Gasteiger charge is -2.40. The molecule has 2 aliphatic rings. The van der Waals surface area contributed by atoms with Gasteiger partial charge in [0.1, 0.15) is 5.75 Å². The van der Waals surface area contributed by atoms with Crippen LogP contribution in [-0.4, -0.2) is 6.92 Å². The van der Waals surface area contributed by atoms with E-state index >= 15 is 0 Å². The average Bonchev–Trinajstić information content (AvgIpc) is 3.34. The first kappa shape index (κ1) is 25.7. The van der Waals surface area contributed by atoms with Crippen LogP contribution in [-0.2, 0) is 10.8 Å². The van der Waals surface area contributed by atoms with E-state index in [0.29, 0.717) is 0 Å². The molecule has 0 N–H and O–H groups in total. The third kappa shape index (κ3) is 3.71. The summed E-state index contributed by atoms with van der Waals surface area (Å²) in [7, 11) is 0. The minimum Gasteiger partial charge on any atom is -0.551 e. The van der Waals surface area contributed by atoms with Gasteiger partial charge in [0.2, 0.25) is 0 Å². The summed E-state index contributed by atoms with van der Waals surface area (Å²) in [6.07, 6.45) is 0. The molecular weight excluding hydrogens is 529 g/mol. The minimum atomic E-state index is -0.185. The minimum absolute atomic E-state index is 0.0252. The highest BCUT2D eigenvalue weighted by Gasteiger charge is 2.44. The molecule has 0 fully saturated rings. The summed E-state index contributed by atoms with van der Waals surface area (Å²) in [6.45, 7) is 13.5. The SMILES string of the molecule is CC(C)(C)c1ccc(N2c3ccc(C(C)(C)C)cc3B3Oc4ccccc4-c4c3c2cc2sc3ccccc3c42)cc1. The van der Waals surface area contributed by atoms with Crippen molar-refractivity contribution in [3.63, 3.8) is 0 Å². The zero-order valence-corrected chi connectivity index (χ0v) is 25.9. The Morgan fingerprint density at radius 1 is 0.667 bits per heavy atom. The van der Waals surface area contributed by atoms with E-state index in [1.165, 1.54) is 70.4 Å². The van der Waals surface area contributed by atoms with Gasteiger partial charge < -0.3 is 9.55 Å². The Bertz CT molecular complexity index is 2040. The van der Waals surface area contributed by atoms with Crippen LogP contribution >= 0.6 is 11.3 Å². The first-order valence-corrected chi connectivity index (χ1v) is 15.7. The number of fused-ring (bicyclic) bond motifs is 8. The molecule has 0 spiro atoms. The van der Waals surface area contributed by atoms with Gasteiger partial charge in [0, 0.05) is 48.3 Å². The second kappa shape index (κ2) is 8.75. The third-order valence-corrected chi connectivity index (χ3v) is 10.1. The molecule has 4 heteroatoms. The van der Waals surface area contributed by atoms with Gasteiger partial charge in [-0.25, -0.2) is 0 Å². The van der Waals surface area contributed by atoms with Crippen LogP contribution in [0.15, 0.2) is 97.1 Å². The van der Waals surface area contributed by atoms with E-state index in [2.05, 4.69) is 144 Å². The molecule has 5 aromatic carbocycles. The Labute approximate surface area is 252 Å². The lowest BCUT2D eigenvalue weighted by Crippen LogP contribution is -2.56. The average molecular weight is 564 g/mol. The van der Waals surface area contributed by atoms with Crippen LogP contribution in [0.1, 0.15) is 52.7 Å². The van der Waals surface area contributed by atoms with Gasteiger partial charge in [0.25, 0.3) is 0 Å². The number of nitrogens with zero attached hydrogens (tertiary/aromatic N) is 1. The summed E-state index contributed by atoms with van der Waals surface area (Å²) in [5.41, 5.74) is 11.3. The second-order valence-corrected chi connectivity index (χ2v) is 14.9. The summed E-state index contributed by atoms with van der Waals surface area (Å²) < 4.78 is 9.63. The van der Waals surface area contributed by atoms with Crippen LogP contribution < -0.4 is 20.5 Å². The molecule has 1 aromatic heterocycles. The summed E-state index contributed by atoms with van der Waals surface area (Å²) in [6, 6.07) is 36.0. The molecule has 0 bridgehead atoms. The molecule has 0 aliphatic carbocycles. The van der Waals surface area contributed by atoms with Gasteiger partial charge >= 0.3 is 6.92 Å². The fourth-order valence-corrected chi connectivity index (χ4v) is 7.90. The van der Waals surface area contributed by atoms with E-state index in [-0.39, 0.29) is 17.7 Å². The second-order valence-electron chi connectivity index (χ2n) is 13.8. The lowest BCUT2D eigenvalue weighted by molar-refractivity contribution is 0.585. The highest BCUT2D eigenvalue weighted by atomic mass is 32.1. The molecule has 0 atom stereocenters. The predicted molar refractivity (Wildman–Crippen MR) is 182 cm³/mol. The molecule has 0 unspecified atom stereocenters. The first-order chi connectivity index (χ1) is 20.1. The maximum Gasteiger partial charge on any atom is 0.431 e. The van der Waals surface area contributed by atoms with Crippen molar-refractivity contribution in [2.24, 2.45) is 0 Å². The molecule has 206 valence electrons. The molecule has 0 radical (unpaired) electrons. The number of anilines is 3. The van der Waals surface area contributed by atoms with E-state index in [4.69, 9.17) is 4.65 Å². The Morgan fingerprint density at radius 3 is 2.12 bits per heavy atom. The van der Waals surface area contributed by atoms with Gasteiger partial charge in [-0.05, 0) is 69.4 Å². The van der Waals surface area contributed by atoms with Crippen LogP contribution in [0.5, 0.6) is 5.75 Å². The van der Waals surface area contributed by atoms with E-state index in [1.807, 2.05) is 11.3 Å². The highest BCUT2D eigenvalue weighted by Crippen LogP contribution is 2.49. The van der Waals surface area contributed by atoms with Gasteiger partial charge in [-0.2, -0.15) is 0 Å². The normalized spacial score (nSPS) is 14.0. The van der Waals surface area contributed by atoms with Crippen molar-refractivity contribution in [3.05, 3.63) is 108 Å². The maximum atomic E-state index is 7.00. The quantitative estimate of drug-likeness (QED) is 0.185. The van der Waals surface area contributed by atoms with Gasteiger partial charge in [0.05, 0.1) is 0 Å². The number of benzene rings is 5. The molecule has 0 saturated heterocycles. The lowest BCUT2D eigenvalue weighted by atomic mass is 9.49. The molecule has 2 nitrogen and oxygen atoms in total. The zero-order chi connectivity index (χ0) is 29.0. The molecule has 6 aromatic rings. The predicted octanol–water partition coefficient (Wildman–Crippen LogP) is 9.60. The smallest absolute Gasteiger partial charge is 0.431 e. The van der Waals surface area contributed by atoms with Gasteiger partial charge in [0.15, 0.2) is 0 Å². The molecule has 8 rings (SSSR count). The van der Waals surface area contributed by atoms with Gasteiger partial charge in [-0.3, -0.25) is 0 Å². The van der Waals surface area contributed by atoms with Crippen LogP contribution in [0.25, 0.3) is 31.3 Å². The number of thiophene rings is 1. The summed E-state index contributed by atoms with van der Waals surface area (Å²) >= 11 is 1.89. The molecule has 0 saturated carbocycles. The Morgan fingerprint density at radius 2 is 1.36 bits per heavy atom. The summed E-state index contributed by atoms with van der Waals surface area (Å²) in [4.78, 5) is 2.48. The maximum absolute atomic E-state index is 7.00. The number of hydrogen-bond donors (Lipinski definition) is 0. The molecule has 0 amide bonds. The van der Waals surface area contributed by atoms with Gasteiger partial charge in [-0.15, -0.1) is 11.3 Å². The zero-order valence-electron chi connectivity index (χ0n) is 25.1. The van der Waals surface area contributed by atoms with Crippen molar-refractivity contribution in [3.8, 4) is 16.9 Å². The van der Waals surface area contributed by atoms with Crippen LogP contribution in [0.2, 0.25) is 0 Å². The van der Waals surface area contributed by atoms with Crippen molar-refractivity contribution in [2.45, 2.75) is 52.4 Å². The molecular formula is C38H34BNOS. The number of rotatable bonds is 1. The standard InChI is InChI=1S/C38H34BNOS/c1-37(2,3)23-15-18-25(19-16-23)40-29-20-17-24(38(4,5)6)21-28(29)39-36-30(40)22-33-34(27-12-8-10-14-32(27)42-33)35(36)26-11-7-9-13-31(26)41-39/h7-22H,1-6H3. The van der Waals surface area contributed by atoms with Crippen LogP contribution in [0.4, 0.5) is 17.1 Å². The Kier molecular flexibility index (Phi) is 5.35. The number of para-hydroxylation sites is 1. The highest BCUT2D eigenvalue weighted by molar-refractivity contribution is 7.26. The molecule has 3 heterocycles. The van der Waals surface area contributed by atoms with E-state index in [0.717, 1.165) is 5.75 Å². The summed E-state index contributed by atoms with van der Waals surface area (Å²) in [5, 5.41) is 2.66. The van der Waals surface area contributed by atoms with Crippen LogP contribution in [0.3, 0.4) is 0 Å². The van der Waals surface area contributed by atoms with E-state index in [1.54, 1.807) is 0 Å². The van der Waals surface area contributed by atoms with Crippen molar-refractivity contribution in [2.75, 3.05) is 4.90 Å². The van der Waals surface area contributed by atoms with E-state index < -0.39 is 0 Å². The largest absolute Gasteiger partial charge is 0.551 e. The summed E-state index contributed by atoms with van der Waals surface area (Å²) in [5.74, 6) is 0.957. The third-order valence-electron chi connectivity index (χ3n) is 9.00. The fraction of sp³-hybridized carbons (Fsp3) is 0.211. The fourth-order valence-electron chi connectivity index (χ4n) is 6.75. The van der Waals surface area contributed by atoms with Crippen molar-refractivity contribution >= 4 is 66.4 Å². The van der Waals surface area contributed by atoms with Crippen LogP contribution in [0, 0.1) is 0 Å². The van der Waals surface area contributed by atoms with E-state index in [9.17, 15) is 0 Å². The Hall–Kier alpha value is -4.02. The number of hydrogen-bond acceptors (Lipinski definition) is 3. The Balaban J connectivity index is 1.50. The first-order valence-electron chi connectivity index (χ1n) is 14.9. The molecule has 2 aliphatic heterocycles. The van der Waals surface area contributed by atoms with Crippen molar-refractivity contribution in [1.82, 2.24) is 0 Å². The monoisotopic (exact) mass is 563 g/mol. The van der Waals surface area contributed by atoms with Crippen molar-refractivity contribution < 1.29 is 4.65 Å². The van der Waals surface area contributed by atoms with Crippen molar-refractivity contribution in [1.29, 1.82) is 0 Å². The molecule has 42 heavy (non-hydrogen) atoms. The topological polar surface area (TPSA) is 12.5 Å². The van der Waals surface area contributed by atoms with Gasteiger partial charge in [-0.1, -0.05) is 102 Å².